The summed E-state index contributed by atoms with van der Waals surface area (Å²) in [4.78, 5) is 24.3. The molecule has 0 aliphatic heterocycles. The number of hydrogen-bond donors (Lipinski definition) is 2. The fraction of sp³-hybridized carbons (Fsp3) is 0.400. The summed E-state index contributed by atoms with van der Waals surface area (Å²) in [5.74, 6) is -0.799. The van der Waals surface area contributed by atoms with E-state index in [1.165, 1.54) is 0 Å². The topological polar surface area (TPSA) is 85.2 Å². The summed E-state index contributed by atoms with van der Waals surface area (Å²) >= 11 is 0. The smallest absolute Gasteiger partial charge is 0.417 e. The highest BCUT2D eigenvalue weighted by Gasteiger charge is 2.31. The largest absolute Gasteiger partial charge is 0.468 e. The Morgan fingerprint density at radius 3 is 2.67 bits per heavy atom. The molecule has 1 atom stereocenters. The van der Waals surface area contributed by atoms with Gasteiger partial charge in [-0.15, -0.1) is 0 Å². The molecule has 0 aromatic carbocycles. The van der Waals surface area contributed by atoms with Crippen molar-refractivity contribution in [3.8, 4) is 0 Å². The zero-order chi connectivity index (χ0) is 13.9. The summed E-state index contributed by atoms with van der Waals surface area (Å²) in [7, 11) is 1.10. The Kier molecular flexibility index (Phi) is 4.12. The minimum Gasteiger partial charge on any atom is -0.468 e. The Labute approximate surface area is 99.7 Å². The Balaban J connectivity index is 3.02. The average Bonchev–Trinajstić information content (AvgIpc) is 2.29. The Bertz CT molecular complexity index is 496. The number of esters is 1. The van der Waals surface area contributed by atoms with Crippen molar-refractivity contribution in [2.24, 2.45) is 5.73 Å². The van der Waals surface area contributed by atoms with Gasteiger partial charge >= 0.3 is 12.1 Å². The van der Waals surface area contributed by atoms with Crippen LogP contribution in [-0.4, -0.2) is 24.1 Å². The van der Waals surface area contributed by atoms with Gasteiger partial charge in [-0.2, -0.15) is 13.2 Å². The van der Waals surface area contributed by atoms with Crippen molar-refractivity contribution in [3.05, 3.63) is 33.7 Å². The molecular formula is C10H11F3N2O3. The van der Waals surface area contributed by atoms with Gasteiger partial charge in [-0.05, 0) is 6.07 Å². The third-order valence-corrected chi connectivity index (χ3v) is 2.25. The van der Waals surface area contributed by atoms with E-state index in [4.69, 9.17) is 5.73 Å². The van der Waals surface area contributed by atoms with Crippen LogP contribution >= 0.6 is 0 Å². The van der Waals surface area contributed by atoms with Gasteiger partial charge in [-0.3, -0.25) is 9.59 Å². The number of nitrogens with one attached hydrogen (secondary N) is 1. The molecule has 0 bridgehead atoms. The van der Waals surface area contributed by atoms with Gasteiger partial charge in [0.25, 0.3) is 5.56 Å². The van der Waals surface area contributed by atoms with Crippen molar-refractivity contribution in [1.29, 1.82) is 0 Å². The molecule has 0 amide bonds. The van der Waals surface area contributed by atoms with Crippen LogP contribution in [0.3, 0.4) is 0 Å². The van der Waals surface area contributed by atoms with E-state index in [2.05, 4.69) is 4.74 Å². The first kappa shape index (κ1) is 14.2. The van der Waals surface area contributed by atoms with E-state index in [0.29, 0.717) is 12.3 Å². The number of H-pyrrole nitrogens is 1. The van der Waals surface area contributed by atoms with Crippen LogP contribution in [-0.2, 0) is 22.1 Å². The fourth-order valence-electron chi connectivity index (χ4n) is 1.32. The molecule has 1 aromatic rings. The molecule has 0 unspecified atom stereocenters. The quantitative estimate of drug-likeness (QED) is 0.775. The zero-order valence-corrected chi connectivity index (χ0v) is 9.38. The summed E-state index contributed by atoms with van der Waals surface area (Å²) in [5, 5.41) is 0. The highest BCUT2D eigenvalue weighted by atomic mass is 19.4. The summed E-state index contributed by atoms with van der Waals surface area (Å²) < 4.78 is 41.6. The van der Waals surface area contributed by atoms with E-state index in [1.807, 2.05) is 4.98 Å². The van der Waals surface area contributed by atoms with Gasteiger partial charge in [0.2, 0.25) is 0 Å². The second kappa shape index (κ2) is 5.21. The molecule has 0 fully saturated rings. The highest BCUT2D eigenvalue weighted by molar-refractivity contribution is 5.75. The van der Waals surface area contributed by atoms with Gasteiger partial charge in [-0.1, -0.05) is 0 Å². The first-order valence-electron chi connectivity index (χ1n) is 4.88. The maximum absolute atomic E-state index is 12.4. The van der Waals surface area contributed by atoms with Crippen LogP contribution in [0.2, 0.25) is 0 Å². The van der Waals surface area contributed by atoms with Crippen molar-refractivity contribution in [3.63, 3.8) is 0 Å². The Morgan fingerprint density at radius 2 is 2.17 bits per heavy atom. The number of pyridine rings is 1. The number of hydrogen-bond acceptors (Lipinski definition) is 4. The van der Waals surface area contributed by atoms with Crippen molar-refractivity contribution in [1.82, 2.24) is 4.98 Å². The van der Waals surface area contributed by atoms with E-state index in [1.54, 1.807) is 0 Å². The van der Waals surface area contributed by atoms with E-state index in [0.717, 1.165) is 7.11 Å². The van der Waals surface area contributed by atoms with Gasteiger partial charge < -0.3 is 15.5 Å². The van der Waals surface area contributed by atoms with Crippen LogP contribution in [0.4, 0.5) is 13.2 Å². The molecule has 3 N–H and O–H groups in total. The summed E-state index contributed by atoms with van der Waals surface area (Å²) in [6, 6.07) is -0.513. The molecule has 18 heavy (non-hydrogen) atoms. The zero-order valence-electron chi connectivity index (χ0n) is 9.38. The van der Waals surface area contributed by atoms with Crippen molar-refractivity contribution in [2.75, 3.05) is 7.11 Å². The normalized spacial score (nSPS) is 13.2. The molecule has 0 saturated heterocycles. The molecule has 0 aliphatic rings. The molecule has 0 spiro atoms. The van der Waals surface area contributed by atoms with Gasteiger partial charge in [0.15, 0.2) is 0 Å². The fourth-order valence-corrected chi connectivity index (χ4v) is 1.32. The summed E-state index contributed by atoms with van der Waals surface area (Å²) in [6.07, 6.45) is -4.34. The number of rotatable bonds is 3. The Morgan fingerprint density at radius 1 is 1.56 bits per heavy atom. The average molecular weight is 264 g/mol. The number of alkyl halides is 3. The molecule has 1 heterocycles. The third kappa shape index (κ3) is 3.33. The molecule has 1 rings (SSSR count). The number of carbonyl (C=O) groups is 1. The second-order valence-corrected chi connectivity index (χ2v) is 3.57. The monoisotopic (exact) mass is 264 g/mol. The number of halogens is 3. The van der Waals surface area contributed by atoms with Crippen LogP contribution < -0.4 is 11.3 Å². The van der Waals surface area contributed by atoms with Gasteiger partial charge in [0.1, 0.15) is 6.04 Å². The molecule has 0 aliphatic carbocycles. The lowest BCUT2D eigenvalue weighted by atomic mass is 10.1. The maximum Gasteiger partial charge on any atom is 0.417 e. The second-order valence-electron chi connectivity index (χ2n) is 3.57. The molecule has 5 nitrogen and oxygen atoms in total. The number of aromatic amines is 1. The highest BCUT2D eigenvalue weighted by Crippen LogP contribution is 2.28. The standard InChI is InChI=1S/C10H11F3N2O3/c1-18-9(17)7(14)3-5-2-6(10(11,12)13)4-15-8(5)16/h2,4,7H,3,14H2,1H3,(H,15,16)/t7-/m1/s1. The number of ether oxygens (including phenoxy) is 1. The molecule has 8 heteroatoms. The van der Waals surface area contributed by atoms with Crippen LogP contribution in [0.1, 0.15) is 11.1 Å². The molecule has 100 valence electrons. The van der Waals surface area contributed by atoms with Crippen LogP contribution in [0, 0.1) is 0 Å². The van der Waals surface area contributed by atoms with Crippen molar-refractivity contribution >= 4 is 5.97 Å². The van der Waals surface area contributed by atoms with Crippen LogP contribution in [0.5, 0.6) is 0 Å². The predicted octanol–water partition coefficient (Wildman–Crippen LogP) is 0.436. The minimum atomic E-state index is -4.58. The van der Waals surface area contributed by atoms with E-state index < -0.39 is 29.3 Å². The van der Waals surface area contributed by atoms with Gasteiger partial charge in [-0.25, -0.2) is 0 Å². The van der Waals surface area contributed by atoms with E-state index in [-0.39, 0.29) is 12.0 Å². The molecule has 1 aromatic heterocycles. The lowest BCUT2D eigenvalue weighted by Crippen LogP contribution is -2.35. The minimum absolute atomic E-state index is 0.220. The molecular weight excluding hydrogens is 253 g/mol. The number of aromatic nitrogens is 1. The van der Waals surface area contributed by atoms with Crippen molar-refractivity contribution < 1.29 is 22.7 Å². The number of nitrogens with two attached hydrogens (primary N) is 1. The lowest BCUT2D eigenvalue weighted by molar-refractivity contribution is -0.142. The van der Waals surface area contributed by atoms with E-state index >= 15 is 0 Å². The predicted molar refractivity (Wildman–Crippen MR) is 55.8 cm³/mol. The first-order valence-corrected chi connectivity index (χ1v) is 4.88. The van der Waals surface area contributed by atoms with Crippen LogP contribution in [0.25, 0.3) is 0 Å². The van der Waals surface area contributed by atoms with Crippen LogP contribution in [0.15, 0.2) is 17.1 Å². The number of methoxy groups -OCH3 is 1. The first-order chi connectivity index (χ1) is 8.25. The Hall–Kier alpha value is -1.83. The third-order valence-electron chi connectivity index (χ3n) is 2.25. The van der Waals surface area contributed by atoms with E-state index in [9.17, 15) is 22.8 Å². The van der Waals surface area contributed by atoms with Gasteiger partial charge in [0.05, 0.1) is 12.7 Å². The summed E-state index contributed by atoms with van der Waals surface area (Å²) in [6.45, 7) is 0. The molecule has 0 radical (unpaired) electrons. The number of carbonyl (C=O) groups excluding carboxylic acids is 1. The van der Waals surface area contributed by atoms with Crippen molar-refractivity contribution in [2.45, 2.75) is 18.6 Å². The maximum atomic E-state index is 12.4. The molecule has 0 saturated carbocycles. The lowest BCUT2D eigenvalue weighted by Gasteiger charge is -2.11. The SMILES string of the molecule is COC(=O)[C@H](N)Cc1cc(C(F)(F)F)c[nH]c1=O. The summed E-state index contributed by atoms with van der Waals surface area (Å²) in [5.41, 5.74) is 3.43. The van der Waals surface area contributed by atoms with Gasteiger partial charge in [0, 0.05) is 18.2 Å².